The molecule has 0 heterocycles. The van der Waals surface area contributed by atoms with Gasteiger partial charge in [-0.3, -0.25) is 4.72 Å². The Hall–Kier alpha value is -2.34. The van der Waals surface area contributed by atoms with Crippen LogP contribution < -0.4 is 4.72 Å². The van der Waals surface area contributed by atoms with Crippen molar-refractivity contribution in [1.29, 1.82) is 0 Å². The van der Waals surface area contributed by atoms with Crippen molar-refractivity contribution in [3.05, 3.63) is 65.2 Å². The molecule has 0 aliphatic heterocycles. The Morgan fingerprint density at radius 1 is 1.13 bits per heavy atom. The quantitative estimate of drug-likeness (QED) is 0.825. The van der Waals surface area contributed by atoms with Crippen LogP contribution in [0.3, 0.4) is 0 Å². The minimum atomic E-state index is -3.51. The van der Waals surface area contributed by atoms with E-state index < -0.39 is 16.0 Å². The third-order valence-corrected chi connectivity index (χ3v) is 4.37. The zero-order valence-corrected chi connectivity index (χ0v) is 13.9. The van der Waals surface area contributed by atoms with Crippen molar-refractivity contribution >= 4 is 21.7 Å². The zero-order chi connectivity index (χ0) is 16.9. The number of hydrogen-bond acceptors (Lipinski definition) is 4. The van der Waals surface area contributed by atoms with Crippen LogP contribution in [0.2, 0.25) is 0 Å². The third kappa shape index (κ3) is 5.10. The highest BCUT2D eigenvalue weighted by Gasteiger charge is 2.13. The van der Waals surface area contributed by atoms with E-state index in [-0.39, 0.29) is 5.75 Å². The first-order valence-corrected chi connectivity index (χ1v) is 8.88. The number of ether oxygens (including phenoxy) is 1. The standard InChI is InChI=1S/C17H19NO4S/c1-3-22-17(19)15-7-9-16(10-8-15)18-23(20,21)12-14-6-4-5-13(2)11-14/h4-11,18H,3,12H2,1-2H3. The molecule has 5 nitrogen and oxygen atoms in total. The van der Waals surface area contributed by atoms with Gasteiger partial charge in [-0.15, -0.1) is 0 Å². The van der Waals surface area contributed by atoms with E-state index in [9.17, 15) is 13.2 Å². The Kier molecular flexibility index (Phi) is 5.39. The fourth-order valence-corrected chi connectivity index (χ4v) is 3.31. The summed E-state index contributed by atoms with van der Waals surface area (Å²) in [7, 11) is -3.51. The van der Waals surface area contributed by atoms with Gasteiger partial charge in [-0.1, -0.05) is 29.8 Å². The van der Waals surface area contributed by atoms with Crippen LogP contribution in [-0.4, -0.2) is 21.0 Å². The van der Waals surface area contributed by atoms with Crippen molar-refractivity contribution in [2.45, 2.75) is 19.6 Å². The van der Waals surface area contributed by atoms with Crippen molar-refractivity contribution in [1.82, 2.24) is 0 Å². The molecule has 1 N–H and O–H groups in total. The van der Waals surface area contributed by atoms with Gasteiger partial charge in [-0.25, -0.2) is 13.2 Å². The number of nitrogens with one attached hydrogen (secondary N) is 1. The molecular formula is C17H19NO4S. The molecule has 0 unspecified atom stereocenters. The Morgan fingerprint density at radius 3 is 2.43 bits per heavy atom. The van der Waals surface area contributed by atoms with Crippen LogP contribution in [-0.2, 0) is 20.5 Å². The van der Waals surface area contributed by atoms with Crippen molar-refractivity contribution in [3.63, 3.8) is 0 Å². The van der Waals surface area contributed by atoms with Gasteiger partial charge in [-0.2, -0.15) is 0 Å². The molecule has 0 spiro atoms. The molecule has 2 aromatic carbocycles. The molecule has 0 amide bonds. The number of rotatable bonds is 6. The molecule has 2 rings (SSSR count). The lowest BCUT2D eigenvalue weighted by Crippen LogP contribution is -2.15. The van der Waals surface area contributed by atoms with Gasteiger partial charge >= 0.3 is 5.97 Å². The van der Waals surface area contributed by atoms with Crippen molar-refractivity contribution in [2.75, 3.05) is 11.3 Å². The minimum absolute atomic E-state index is 0.103. The predicted octanol–water partition coefficient (Wildman–Crippen LogP) is 3.11. The van der Waals surface area contributed by atoms with Crippen molar-refractivity contribution in [3.8, 4) is 0 Å². The second kappa shape index (κ2) is 7.28. The van der Waals surface area contributed by atoms with E-state index in [0.29, 0.717) is 17.9 Å². The highest BCUT2D eigenvalue weighted by molar-refractivity contribution is 7.91. The van der Waals surface area contributed by atoms with Crippen molar-refractivity contribution < 1.29 is 17.9 Å². The molecule has 0 saturated carbocycles. The lowest BCUT2D eigenvalue weighted by atomic mass is 10.2. The van der Waals surface area contributed by atoms with E-state index in [4.69, 9.17) is 4.74 Å². The van der Waals surface area contributed by atoms with Crippen LogP contribution >= 0.6 is 0 Å². The zero-order valence-electron chi connectivity index (χ0n) is 13.1. The Balaban J connectivity index is 2.07. The Labute approximate surface area is 136 Å². The molecule has 0 atom stereocenters. The number of sulfonamides is 1. The summed E-state index contributed by atoms with van der Waals surface area (Å²) in [6, 6.07) is 13.5. The molecule has 0 aliphatic rings. The third-order valence-electron chi connectivity index (χ3n) is 3.11. The molecule has 0 saturated heterocycles. The number of carbonyl (C=O) groups is 1. The van der Waals surface area contributed by atoms with Crippen LogP contribution in [0, 0.1) is 6.92 Å². The second-order valence-corrected chi connectivity index (χ2v) is 6.87. The molecule has 0 radical (unpaired) electrons. The van der Waals surface area contributed by atoms with Gasteiger partial charge in [-0.05, 0) is 43.7 Å². The van der Waals surface area contributed by atoms with Gasteiger partial charge in [0.05, 0.1) is 17.9 Å². The van der Waals surface area contributed by atoms with Crippen LogP contribution in [0.5, 0.6) is 0 Å². The van der Waals surface area contributed by atoms with Gasteiger partial charge in [0.15, 0.2) is 0 Å². The molecule has 0 aliphatic carbocycles. The molecule has 0 fully saturated rings. The fourth-order valence-electron chi connectivity index (χ4n) is 2.13. The number of carbonyl (C=O) groups excluding carboxylic acids is 1. The summed E-state index contributed by atoms with van der Waals surface area (Å²) in [4.78, 5) is 11.6. The Morgan fingerprint density at radius 2 is 1.83 bits per heavy atom. The predicted molar refractivity (Wildman–Crippen MR) is 89.8 cm³/mol. The lowest BCUT2D eigenvalue weighted by molar-refractivity contribution is 0.0526. The molecule has 6 heteroatoms. The maximum absolute atomic E-state index is 12.2. The topological polar surface area (TPSA) is 72.5 Å². The first-order valence-electron chi connectivity index (χ1n) is 7.23. The number of hydrogen-bond donors (Lipinski definition) is 1. The largest absolute Gasteiger partial charge is 0.462 e. The molecule has 122 valence electrons. The Bertz CT molecular complexity index is 782. The minimum Gasteiger partial charge on any atom is -0.462 e. The lowest BCUT2D eigenvalue weighted by Gasteiger charge is -2.09. The van der Waals surface area contributed by atoms with Gasteiger partial charge in [0.1, 0.15) is 0 Å². The van der Waals surface area contributed by atoms with Crippen LogP contribution in [0.1, 0.15) is 28.4 Å². The summed E-state index contributed by atoms with van der Waals surface area (Å²) in [6.07, 6.45) is 0. The summed E-state index contributed by atoms with van der Waals surface area (Å²) in [6.45, 7) is 3.94. The molecule has 2 aromatic rings. The van der Waals surface area contributed by atoms with Crippen LogP contribution in [0.15, 0.2) is 48.5 Å². The number of benzene rings is 2. The average Bonchev–Trinajstić information content (AvgIpc) is 2.47. The summed E-state index contributed by atoms with van der Waals surface area (Å²) < 4.78 is 31.8. The summed E-state index contributed by atoms with van der Waals surface area (Å²) in [5, 5.41) is 0. The van der Waals surface area contributed by atoms with Gasteiger partial charge in [0.2, 0.25) is 10.0 Å². The van der Waals surface area contributed by atoms with Crippen LogP contribution in [0.4, 0.5) is 5.69 Å². The molecular weight excluding hydrogens is 314 g/mol. The summed E-state index contributed by atoms with van der Waals surface area (Å²) in [5.74, 6) is -0.532. The first kappa shape index (κ1) is 17.0. The number of anilines is 1. The number of esters is 1. The summed E-state index contributed by atoms with van der Waals surface area (Å²) in [5.41, 5.74) is 2.52. The smallest absolute Gasteiger partial charge is 0.338 e. The molecule has 0 bridgehead atoms. The molecule has 0 aromatic heterocycles. The average molecular weight is 333 g/mol. The molecule has 23 heavy (non-hydrogen) atoms. The van der Waals surface area contributed by atoms with E-state index in [1.165, 1.54) is 12.1 Å². The number of aryl methyl sites for hydroxylation is 1. The highest BCUT2D eigenvalue weighted by Crippen LogP contribution is 2.15. The van der Waals surface area contributed by atoms with Gasteiger partial charge in [0.25, 0.3) is 0 Å². The monoisotopic (exact) mass is 333 g/mol. The van der Waals surface area contributed by atoms with E-state index in [2.05, 4.69) is 4.72 Å². The van der Waals surface area contributed by atoms with E-state index in [1.807, 2.05) is 25.1 Å². The first-order chi connectivity index (χ1) is 10.9. The normalized spacial score (nSPS) is 11.0. The van der Waals surface area contributed by atoms with E-state index in [1.54, 1.807) is 25.1 Å². The second-order valence-electron chi connectivity index (χ2n) is 5.15. The van der Waals surface area contributed by atoms with Crippen molar-refractivity contribution in [2.24, 2.45) is 0 Å². The fraction of sp³-hybridized carbons (Fsp3) is 0.235. The van der Waals surface area contributed by atoms with Gasteiger partial charge < -0.3 is 4.74 Å². The van der Waals surface area contributed by atoms with Gasteiger partial charge in [0, 0.05) is 5.69 Å². The maximum atomic E-state index is 12.2. The summed E-state index contributed by atoms with van der Waals surface area (Å²) >= 11 is 0. The van der Waals surface area contributed by atoms with Crippen LogP contribution in [0.25, 0.3) is 0 Å². The van der Waals surface area contributed by atoms with E-state index in [0.717, 1.165) is 11.1 Å². The SMILES string of the molecule is CCOC(=O)c1ccc(NS(=O)(=O)Cc2cccc(C)c2)cc1. The highest BCUT2D eigenvalue weighted by atomic mass is 32.2. The van der Waals surface area contributed by atoms with E-state index >= 15 is 0 Å². The maximum Gasteiger partial charge on any atom is 0.338 e.